The van der Waals surface area contributed by atoms with E-state index in [4.69, 9.17) is 0 Å². The van der Waals surface area contributed by atoms with Crippen molar-refractivity contribution in [3.8, 4) is 0 Å². The molecule has 2 atom stereocenters. The highest BCUT2D eigenvalue weighted by molar-refractivity contribution is 7.80. The van der Waals surface area contributed by atoms with Gasteiger partial charge in [-0.2, -0.15) is 13.2 Å². The molecule has 0 saturated heterocycles. The van der Waals surface area contributed by atoms with Gasteiger partial charge in [-0.25, -0.2) is 4.98 Å². The second-order valence-corrected chi connectivity index (χ2v) is 7.31. The Hall–Kier alpha value is -2.21. The number of hydrogen-bond acceptors (Lipinski definition) is 3. The number of pyridine rings is 1. The molecule has 0 bridgehead atoms. The van der Waals surface area contributed by atoms with Crippen LogP contribution in [0.2, 0.25) is 0 Å². The number of benzene rings is 1. The highest BCUT2D eigenvalue weighted by Gasteiger charge is 2.45. The maximum absolute atomic E-state index is 13.6. The molecule has 2 unspecified atom stereocenters. The minimum absolute atomic E-state index is 0.210. The van der Waals surface area contributed by atoms with Crippen LogP contribution in [0.3, 0.4) is 0 Å². The third kappa shape index (κ3) is 2.72. The highest BCUT2D eigenvalue weighted by atomic mass is 32.1. The molecule has 1 aliphatic heterocycles. The van der Waals surface area contributed by atoms with Crippen molar-refractivity contribution in [2.24, 2.45) is 0 Å². The van der Waals surface area contributed by atoms with Crippen LogP contribution in [0.5, 0.6) is 0 Å². The Bertz CT molecular complexity index is 960. The summed E-state index contributed by atoms with van der Waals surface area (Å²) in [5.41, 5.74) is 3.02. The molecule has 0 spiro atoms. The van der Waals surface area contributed by atoms with Crippen LogP contribution in [0.4, 0.5) is 19.0 Å². The highest BCUT2D eigenvalue weighted by Crippen LogP contribution is 2.51. The van der Waals surface area contributed by atoms with E-state index in [-0.39, 0.29) is 5.92 Å². The van der Waals surface area contributed by atoms with E-state index in [0.29, 0.717) is 21.9 Å². The zero-order valence-electron chi connectivity index (χ0n) is 14.2. The van der Waals surface area contributed by atoms with Crippen LogP contribution in [0, 0.1) is 6.92 Å². The van der Waals surface area contributed by atoms with Crippen molar-refractivity contribution in [2.75, 3.05) is 5.32 Å². The van der Waals surface area contributed by atoms with Gasteiger partial charge in [-0.1, -0.05) is 18.2 Å². The van der Waals surface area contributed by atoms with Crippen molar-refractivity contribution in [3.05, 3.63) is 70.4 Å². The predicted octanol–water partition coefficient (Wildman–Crippen LogP) is 5.53. The third-order valence-corrected chi connectivity index (χ3v) is 5.30. The minimum Gasteiger partial charge on any atom is -0.362 e. The van der Waals surface area contributed by atoms with Crippen molar-refractivity contribution < 1.29 is 13.2 Å². The topological polar surface area (TPSA) is 24.9 Å². The number of hydrogen-bond donors (Lipinski definition) is 2. The van der Waals surface area contributed by atoms with E-state index < -0.39 is 17.8 Å². The average molecular weight is 374 g/mol. The van der Waals surface area contributed by atoms with E-state index >= 15 is 0 Å². The molecule has 6 heteroatoms. The van der Waals surface area contributed by atoms with Crippen molar-refractivity contribution in [1.82, 2.24) is 4.98 Å². The van der Waals surface area contributed by atoms with Gasteiger partial charge in [0.2, 0.25) is 0 Å². The lowest BCUT2D eigenvalue weighted by atomic mass is 9.76. The summed E-state index contributed by atoms with van der Waals surface area (Å²) in [6.45, 7) is 3.49. The first-order chi connectivity index (χ1) is 12.3. The van der Waals surface area contributed by atoms with Gasteiger partial charge in [-0.05, 0) is 54.3 Å². The summed E-state index contributed by atoms with van der Waals surface area (Å²) in [5, 5.41) is 3.20. The number of halogens is 3. The molecule has 4 rings (SSSR count). The van der Waals surface area contributed by atoms with Crippen molar-refractivity contribution >= 4 is 24.0 Å². The van der Waals surface area contributed by atoms with Gasteiger partial charge >= 0.3 is 6.18 Å². The number of aryl methyl sites for hydroxylation is 1. The number of nitrogens with one attached hydrogen (secondary N) is 1. The number of nitrogens with zero attached hydrogens (tertiary/aromatic N) is 1. The molecule has 1 aliphatic carbocycles. The molecule has 26 heavy (non-hydrogen) atoms. The molecule has 0 fully saturated rings. The van der Waals surface area contributed by atoms with Crippen LogP contribution >= 0.6 is 12.6 Å². The molecular formula is C20H17F3N2S. The van der Waals surface area contributed by atoms with Crippen molar-refractivity contribution in [3.63, 3.8) is 0 Å². The van der Waals surface area contributed by atoms with Gasteiger partial charge in [-0.15, -0.1) is 12.6 Å². The van der Waals surface area contributed by atoms with Gasteiger partial charge in [0.05, 0.1) is 11.6 Å². The second-order valence-electron chi connectivity index (χ2n) is 6.79. The van der Waals surface area contributed by atoms with E-state index in [1.54, 1.807) is 13.1 Å². The van der Waals surface area contributed by atoms with Gasteiger partial charge in [0.25, 0.3) is 0 Å². The van der Waals surface area contributed by atoms with Crippen molar-refractivity contribution in [1.29, 1.82) is 0 Å². The Morgan fingerprint density at radius 1 is 1.15 bits per heavy atom. The summed E-state index contributed by atoms with van der Waals surface area (Å²) in [6, 6.07) is 8.81. The molecule has 1 aromatic heterocycles. The normalized spacial score (nSPS) is 21.8. The summed E-state index contributed by atoms with van der Waals surface area (Å²) in [6.07, 6.45) is -1.39. The average Bonchev–Trinajstić information content (AvgIpc) is 2.93. The van der Waals surface area contributed by atoms with E-state index in [0.717, 1.165) is 16.7 Å². The molecule has 1 aromatic carbocycles. The molecule has 0 radical (unpaired) electrons. The molecule has 2 nitrogen and oxygen atoms in total. The van der Waals surface area contributed by atoms with E-state index in [2.05, 4.69) is 22.9 Å². The zero-order chi connectivity index (χ0) is 18.6. The third-order valence-electron chi connectivity index (χ3n) is 5.03. The Balaban J connectivity index is 1.95. The Morgan fingerprint density at radius 2 is 1.92 bits per heavy atom. The van der Waals surface area contributed by atoms with Crippen LogP contribution in [-0.4, -0.2) is 17.2 Å². The van der Waals surface area contributed by atoms with Crippen LogP contribution in [-0.2, 0) is 0 Å². The Labute approximate surface area is 155 Å². The van der Waals surface area contributed by atoms with Gasteiger partial charge < -0.3 is 5.32 Å². The van der Waals surface area contributed by atoms with Gasteiger partial charge in [0.15, 0.2) is 0 Å². The van der Waals surface area contributed by atoms with Crippen molar-refractivity contribution in [2.45, 2.75) is 36.9 Å². The molecule has 2 heterocycles. The lowest BCUT2D eigenvalue weighted by Crippen LogP contribution is -2.30. The lowest BCUT2D eigenvalue weighted by Gasteiger charge is -2.31. The fraction of sp³-hybridized carbons (Fsp3) is 0.250. The summed E-state index contributed by atoms with van der Waals surface area (Å²) < 4.78 is 40.9. The smallest absolute Gasteiger partial charge is 0.362 e. The van der Waals surface area contributed by atoms with E-state index in [1.165, 1.54) is 6.08 Å². The molecule has 134 valence electrons. The minimum atomic E-state index is -4.40. The number of rotatable bonds is 1. The van der Waals surface area contributed by atoms with Gasteiger partial charge in [0, 0.05) is 22.6 Å². The summed E-state index contributed by atoms with van der Waals surface area (Å²) in [4.78, 5) is 5.11. The molecule has 0 amide bonds. The molecule has 1 N–H and O–H groups in total. The quantitative estimate of drug-likeness (QED) is 0.642. The summed E-state index contributed by atoms with van der Waals surface area (Å²) >= 11 is 4.35. The first-order valence-electron chi connectivity index (χ1n) is 8.28. The number of thiol groups is 1. The molecule has 2 aliphatic rings. The molecule has 0 saturated carbocycles. The summed E-state index contributed by atoms with van der Waals surface area (Å²) in [5.74, 6) is 0.444. The van der Waals surface area contributed by atoms with Crippen LogP contribution in [0.15, 0.2) is 58.6 Å². The fourth-order valence-corrected chi connectivity index (χ4v) is 4.07. The number of allylic oxidation sites excluding steroid dienone is 2. The number of anilines is 1. The Morgan fingerprint density at radius 3 is 2.62 bits per heavy atom. The van der Waals surface area contributed by atoms with Crippen LogP contribution in [0.1, 0.15) is 29.5 Å². The van der Waals surface area contributed by atoms with Crippen LogP contribution < -0.4 is 5.32 Å². The number of fused-ring (bicyclic) bond motifs is 3. The fourth-order valence-electron chi connectivity index (χ4n) is 3.85. The zero-order valence-corrected chi connectivity index (χ0v) is 15.1. The first-order valence-corrected chi connectivity index (χ1v) is 8.72. The molecular weight excluding hydrogens is 357 g/mol. The van der Waals surface area contributed by atoms with Gasteiger partial charge in [-0.3, -0.25) is 0 Å². The van der Waals surface area contributed by atoms with Gasteiger partial charge in [0.1, 0.15) is 5.82 Å². The maximum Gasteiger partial charge on any atom is 0.416 e. The van der Waals surface area contributed by atoms with E-state index in [1.807, 2.05) is 37.3 Å². The number of aromatic nitrogens is 1. The number of alkyl halides is 3. The largest absolute Gasteiger partial charge is 0.416 e. The first kappa shape index (κ1) is 17.2. The monoisotopic (exact) mass is 374 g/mol. The van der Waals surface area contributed by atoms with E-state index in [9.17, 15) is 13.2 Å². The molecule has 2 aromatic rings. The lowest BCUT2D eigenvalue weighted by molar-refractivity contribution is -0.0893. The van der Waals surface area contributed by atoms with Crippen LogP contribution in [0.25, 0.3) is 5.57 Å². The SMILES string of the molecule is CC1=C(C(F)(F)F)C=C(c2cccc(S)c2)C2c3cc(C)cnc3NC12. The standard InChI is InChI=1S/C20H17F3N2S/c1-10-6-15-17-14(12-4-3-5-13(26)7-12)8-16(20(21,22)23)11(2)18(17)25-19(15)24-9-10/h3-9,17-18,26H,1-2H3,(H,24,25). The Kier molecular flexibility index (Phi) is 3.91. The maximum atomic E-state index is 13.6. The second kappa shape index (κ2) is 5.91. The predicted molar refractivity (Wildman–Crippen MR) is 99.6 cm³/mol. The summed E-state index contributed by atoms with van der Waals surface area (Å²) in [7, 11) is 0.